The van der Waals surface area contributed by atoms with Crippen molar-refractivity contribution in [1.29, 1.82) is 0 Å². The highest BCUT2D eigenvalue weighted by molar-refractivity contribution is 6.02. The van der Waals surface area contributed by atoms with E-state index in [4.69, 9.17) is 4.42 Å². The van der Waals surface area contributed by atoms with Gasteiger partial charge in [-0.25, -0.2) is 0 Å². The van der Waals surface area contributed by atoms with E-state index < -0.39 is 0 Å². The van der Waals surface area contributed by atoms with E-state index in [0.717, 1.165) is 5.69 Å². The lowest BCUT2D eigenvalue weighted by molar-refractivity contribution is 0.0996. The number of aryl methyl sites for hydroxylation is 1. The second-order valence-electron chi connectivity index (χ2n) is 3.12. The van der Waals surface area contributed by atoms with Gasteiger partial charge >= 0.3 is 0 Å². The first-order chi connectivity index (χ1) is 7.25. The van der Waals surface area contributed by atoms with E-state index >= 15 is 0 Å². The molecule has 0 saturated heterocycles. The third kappa shape index (κ3) is 2.22. The predicted octanol–water partition coefficient (Wildman–Crippen LogP) is 2.24. The van der Waals surface area contributed by atoms with Gasteiger partial charge in [0.2, 0.25) is 0 Å². The molecule has 0 spiro atoms. The van der Waals surface area contributed by atoms with Crippen LogP contribution in [0.2, 0.25) is 0 Å². The number of nitrogens with one attached hydrogen (secondary N) is 1. The number of hydrogen-bond donors (Lipinski definition) is 1. The summed E-state index contributed by atoms with van der Waals surface area (Å²) in [6.45, 7) is 1.86. The van der Waals surface area contributed by atoms with E-state index in [1.165, 1.54) is 6.26 Å². The summed E-state index contributed by atoms with van der Waals surface area (Å²) in [7, 11) is 0. The maximum Gasteiger partial charge on any atom is 0.291 e. The molecule has 0 aliphatic carbocycles. The number of nitrogens with zero attached hydrogens (tertiary/aromatic N) is 1. The Kier molecular flexibility index (Phi) is 2.49. The number of amides is 1. The zero-order valence-electron chi connectivity index (χ0n) is 8.23. The molecule has 1 N–H and O–H groups in total. The fraction of sp³-hybridized carbons (Fsp3) is 0.0909. The molecule has 0 saturated carbocycles. The normalized spacial score (nSPS) is 9.93. The number of rotatable bonds is 2. The molecular formula is C11H10N2O2. The molecular weight excluding hydrogens is 192 g/mol. The first kappa shape index (κ1) is 9.45. The van der Waals surface area contributed by atoms with Crippen LogP contribution in [0.25, 0.3) is 0 Å². The molecule has 0 aliphatic rings. The maximum absolute atomic E-state index is 11.6. The molecule has 0 unspecified atom stereocenters. The van der Waals surface area contributed by atoms with Gasteiger partial charge in [-0.3, -0.25) is 9.78 Å². The number of anilines is 1. The summed E-state index contributed by atoms with van der Waals surface area (Å²) in [5, 5.41) is 2.71. The van der Waals surface area contributed by atoms with Crippen LogP contribution < -0.4 is 5.32 Å². The topological polar surface area (TPSA) is 55.1 Å². The molecule has 15 heavy (non-hydrogen) atoms. The van der Waals surface area contributed by atoms with Gasteiger partial charge in [-0.1, -0.05) is 0 Å². The van der Waals surface area contributed by atoms with Crippen molar-refractivity contribution in [3.05, 3.63) is 48.2 Å². The highest BCUT2D eigenvalue weighted by Gasteiger charge is 2.08. The van der Waals surface area contributed by atoms with Crippen LogP contribution in [0.5, 0.6) is 0 Å². The lowest BCUT2D eigenvalue weighted by Gasteiger charge is -2.02. The lowest BCUT2D eigenvalue weighted by atomic mass is 10.3. The summed E-state index contributed by atoms with van der Waals surface area (Å²) in [5.74, 6) is 0.0371. The van der Waals surface area contributed by atoms with Gasteiger partial charge in [-0.2, -0.15) is 0 Å². The van der Waals surface area contributed by atoms with E-state index in [9.17, 15) is 4.79 Å². The molecule has 2 aromatic rings. The van der Waals surface area contributed by atoms with Crippen LogP contribution in [-0.4, -0.2) is 10.9 Å². The zero-order valence-corrected chi connectivity index (χ0v) is 8.23. The van der Waals surface area contributed by atoms with Crippen LogP contribution in [-0.2, 0) is 0 Å². The number of carbonyl (C=O) groups is 1. The fourth-order valence-electron chi connectivity index (χ4n) is 1.22. The van der Waals surface area contributed by atoms with Gasteiger partial charge in [-0.05, 0) is 31.2 Å². The second kappa shape index (κ2) is 3.96. The Bertz CT molecular complexity index is 463. The van der Waals surface area contributed by atoms with Crippen molar-refractivity contribution in [3.8, 4) is 0 Å². The van der Waals surface area contributed by atoms with E-state index in [1.807, 2.05) is 6.92 Å². The largest absolute Gasteiger partial charge is 0.459 e. The minimum absolute atomic E-state index is 0.259. The summed E-state index contributed by atoms with van der Waals surface area (Å²) < 4.78 is 4.97. The molecule has 76 valence electrons. The monoisotopic (exact) mass is 202 g/mol. The number of hydrogen-bond acceptors (Lipinski definition) is 3. The first-order valence-electron chi connectivity index (χ1n) is 4.53. The Balaban J connectivity index is 2.13. The molecule has 0 aromatic carbocycles. The molecule has 0 radical (unpaired) electrons. The van der Waals surface area contributed by atoms with Crippen molar-refractivity contribution in [2.24, 2.45) is 0 Å². The molecule has 2 heterocycles. The number of furan rings is 1. The molecule has 0 fully saturated rings. The van der Waals surface area contributed by atoms with Crippen LogP contribution in [0.3, 0.4) is 0 Å². The number of aromatic nitrogens is 1. The van der Waals surface area contributed by atoms with Gasteiger partial charge in [0.1, 0.15) is 0 Å². The Morgan fingerprint density at radius 1 is 1.47 bits per heavy atom. The van der Waals surface area contributed by atoms with Crippen LogP contribution >= 0.6 is 0 Å². The fourth-order valence-corrected chi connectivity index (χ4v) is 1.22. The standard InChI is InChI=1S/C11H10N2O2/c1-8-7-9(4-5-12-8)13-11(14)10-3-2-6-15-10/h2-7H,1H3,(H,12,13,14). The van der Waals surface area contributed by atoms with Gasteiger partial charge in [0.15, 0.2) is 5.76 Å². The third-order valence-electron chi connectivity index (χ3n) is 1.90. The zero-order chi connectivity index (χ0) is 10.7. The van der Waals surface area contributed by atoms with E-state index in [2.05, 4.69) is 10.3 Å². The predicted molar refractivity (Wildman–Crippen MR) is 55.6 cm³/mol. The van der Waals surface area contributed by atoms with Crippen molar-refractivity contribution in [2.75, 3.05) is 5.32 Å². The van der Waals surface area contributed by atoms with Crippen molar-refractivity contribution in [2.45, 2.75) is 6.92 Å². The van der Waals surface area contributed by atoms with Gasteiger partial charge < -0.3 is 9.73 Å². The van der Waals surface area contributed by atoms with Crippen LogP contribution in [0.1, 0.15) is 16.2 Å². The molecule has 1 amide bonds. The number of pyridine rings is 1. The smallest absolute Gasteiger partial charge is 0.291 e. The average molecular weight is 202 g/mol. The summed E-state index contributed by atoms with van der Waals surface area (Å²) in [6, 6.07) is 6.81. The summed E-state index contributed by atoms with van der Waals surface area (Å²) >= 11 is 0. The highest BCUT2D eigenvalue weighted by atomic mass is 16.3. The second-order valence-corrected chi connectivity index (χ2v) is 3.12. The molecule has 0 aliphatic heterocycles. The minimum atomic E-state index is -0.259. The van der Waals surface area contributed by atoms with Crippen LogP contribution in [0.4, 0.5) is 5.69 Å². The third-order valence-corrected chi connectivity index (χ3v) is 1.90. The van der Waals surface area contributed by atoms with Gasteiger partial charge in [0, 0.05) is 17.6 Å². The Morgan fingerprint density at radius 2 is 2.33 bits per heavy atom. The molecule has 2 rings (SSSR count). The van der Waals surface area contributed by atoms with Crippen LogP contribution in [0.15, 0.2) is 41.1 Å². The van der Waals surface area contributed by atoms with Crippen LogP contribution in [0, 0.1) is 6.92 Å². The molecule has 2 aromatic heterocycles. The first-order valence-corrected chi connectivity index (χ1v) is 4.53. The van der Waals surface area contributed by atoms with Gasteiger partial charge in [-0.15, -0.1) is 0 Å². The molecule has 4 nitrogen and oxygen atoms in total. The molecule has 0 bridgehead atoms. The average Bonchev–Trinajstić information content (AvgIpc) is 2.70. The quantitative estimate of drug-likeness (QED) is 0.812. The SMILES string of the molecule is Cc1cc(NC(=O)c2ccco2)ccn1. The molecule has 0 atom stereocenters. The summed E-state index contributed by atoms with van der Waals surface area (Å²) in [6.07, 6.45) is 3.11. The lowest BCUT2D eigenvalue weighted by Crippen LogP contribution is -2.10. The van der Waals surface area contributed by atoms with Crippen molar-refractivity contribution in [1.82, 2.24) is 4.98 Å². The van der Waals surface area contributed by atoms with Gasteiger partial charge in [0.05, 0.1) is 6.26 Å². The maximum atomic E-state index is 11.6. The summed E-state index contributed by atoms with van der Waals surface area (Å²) in [5.41, 5.74) is 1.57. The van der Waals surface area contributed by atoms with Crippen molar-refractivity contribution in [3.63, 3.8) is 0 Å². The minimum Gasteiger partial charge on any atom is -0.459 e. The molecule has 4 heteroatoms. The van der Waals surface area contributed by atoms with Crippen molar-refractivity contribution < 1.29 is 9.21 Å². The number of carbonyl (C=O) groups excluding carboxylic acids is 1. The van der Waals surface area contributed by atoms with Crippen molar-refractivity contribution >= 4 is 11.6 Å². The van der Waals surface area contributed by atoms with E-state index in [1.54, 1.807) is 30.5 Å². The Morgan fingerprint density at radius 3 is 3.00 bits per heavy atom. The Hall–Kier alpha value is -2.10. The van der Waals surface area contributed by atoms with E-state index in [0.29, 0.717) is 11.4 Å². The Labute approximate surface area is 86.9 Å². The summed E-state index contributed by atoms with van der Waals surface area (Å²) in [4.78, 5) is 15.6. The highest BCUT2D eigenvalue weighted by Crippen LogP contribution is 2.09. The van der Waals surface area contributed by atoms with E-state index in [-0.39, 0.29) is 5.91 Å². The van der Waals surface area contributed by atoms with Gasteiger partial charge in [0.25, 0.3) is 5.91 Å².